The van der Waals surface area contributed by atoms with E-state index in [9.17, 15) is 5.11 Å². The zero-order valence-corrected chi connectivity index (χ0v) is 9.59. The molecule has 0 aliphatic carbocycles. The van der Waals surface area contributed by atoms with E-state index in [0.29, 0.717) is 11.5 Å². The van der Waals surface area contributed by atoms with Crippen LogP contribution in [0.25, 0.3) is 0 Å². The van der Waals surface area contributed by atoms with Crippen LogP contribution in [0.4, 0.5) is 0 Å². The van der Waals surface area contributed by atoms with Gasteiger partial charge in [-0.15, -0.1) is 0 Å². The summed E-state index contributed by atoms with van der Waals surface area (Å²) in [4.78, 5) is 0. The van der Waals surface area contributed by atoms with Crippen LogP contribution in [0.2, 0.25) is 0 Å². The molecule has 0 radical (unpaired) electrons. The van der Waals surface area contributed by atoms with E-state index in [4.69, 9.17) is 14.6 Å². The summed E-state index contributed by atoms with van der Waals surface area (Å²) in [5.41, 5.74) is 0. The number of aliphatic hydroxyl groups excluding tert-OH is 2. The van der Waals surface area contributed by atoms with Gasteiger partial charge in [-0.25, -0.2) is 0 Å². The molecule has 0 bridgehead atoms. The fourth-order valence-electron chi connectivity index (χ4n) is 1.16. The van der Waals surface area contributed by atoms with Crippen molar-refractivity contribution < 1.29 is 19.7 Å². The molecule has 1 atom stereocenters. The lowest BCUT2D eigenvalue weighted by molar-refractivity contribution is 0.0520. The van der Waals surface area contributed by atoms with Gasteiger partial charge in [0.2, 0.25) is 0 Å². The first-order valence-corrected chi connectivity index (χ1v) is 5.31. The molecule has 0 spiro atoms. The van der Waals surface area contributed by atoms with Crippen molar-refractivity contribution in [1.82, 2.24) is 0 Å². The number of hydrogen-bond donors (Lipinski definition) is 2. The van der Waals surface area contributed by atoms with E-state index in [-0.39, 0.29) is 19.3 Å². The lowest BCUT2D eigenvalue weighted by atomic mass is 10.3. The van der Waals surface area contributed by atoms with Gasteiger partial charge in [-0.1, -0.05) is 12.1 Å². The zero-order chi connectivity index (χ0) is 12.0. The second kappa shape index (κ2) is 6.35. The third-order valence-corrected chi connectivity index (χ3v) is 1.85. The van der Waals surface area contributed by atoms with E-state index < -0.39 is 6.10 Å². The highest BCUT2D eigenvalue weighted by molar-refractivity contribution is 5.39. The lowest BCUT2D eigenvalue weighted by Gasteiger charge is -2.15. The Labute approximate surface area is 95.4 Å². The standard InChI is InChI=1S/C12H18O4/c1-9(2)16-12-6-4-3-5-11(12)15-8-10(14)7-13/h3-6,9-10,13-14H,7-8H2,1-2H3. The zero-order valence-electron chi connectivity index (χ0n) is 9.59. The molecular weight excluding hydrogens is 208 g/mol. The van der Waals surface area contributed by atoms with Crippen LogP contribution >= 0.6 is 0 Å². The van der Waals surface area contributed by atoms with Gasteiger partial charge in [0.05, 0.1) is 12.7 Å². The summed E-state index contributed by atoms with van der Waals surface area (Å²) in [7, 11) is 0. The van der Waals surface area contributed by atoms with Crippen LogP contribution in [-0.2, 0) is 0 Å². The average Bonchev–Trinajstić information content (AvgIpc) is 2.26. The summed E-state index contributed by atoms with van der Waals surface area (Å²) in [5, 5.41) is 17.8. The van der Waals surface area contributed by atoms with Gasteiger partial charge in [0, 0.05) is 0 Å². The van der Waals surface area contributed by atoms with Gasteiger partial charge in [-0.05, 0) is 26.0 Å². The monoisotopic (exact) mass is 226 g/mol. The van der Waals surface area contributed by atoms with Gasteiger partial charge in [-0.2, -0.15) is 0 Å². The highest BCUT2D eigenvalue weighted by Gasteiger charge is 2.08. The van der Waals surface area contributed by atoms with E-state index in [1.165, 1.54) is 0 Å². The first-order valence-electron chi connectivity index (χ1n) is 5.31. The number of benzene rings is 1. The van der Waals surface area contributed by atoms with E-state index in [1.807, 2.05) is 26.0 Å². The van der Waals surface area contributed by atoms with Crippen molar-refractivity contribution in [1.29, 1.82) is 0 Å². The van der Waals surface area contributed by atoms with Gasteiger partial charge in [0.15, 0.2) is 11.5 Å². The van der Waals surface area contributed by atoms with E-state index >= 15 is 0 Å². The Hall–Kier alpha value is -1.26. The molecule has 0 heterocycles. The smallest absolute Gasteiger partial charge is 0.161 e. The van der Waals surface area contributed by atoms with Crippen molar-refractivity contribution >= 4 is 0 Å². The molecule has 2 N–H and O–H groups in total. The first kappa shape index (κ1) is 12.8. The molecule has 0 amide bonds. The van der Waals surface area contributed by atoms with Crippen molar-refractivity contribution in [2.45, 2.75) is 26.1 Å². The topological polar surface area (TPSA) is 58.9 Å². The van der Waals surface area contributed by atoms with Crippen molar-refractivity contribution in [3.63, 3.8) is 0 Å². The minimum Gasteiger partial charge on any atom is -0.487 e. The fraction of sp³-hybridized carbons (Fsp3) is 0.500. The summed E-state index contributed by atoms with van der Waals surface area (Å²) >= 11 is 0. The number of aliphatic hydroxyl groups is 2. The van der Waals surface area contributed by atoms with Crippen molar-refractivity contribution in [3.8, 4) is 11.5 Å². The Balaban J connectivity index is 2.63. The molecule has 1 unspecified atom stereocenters. The number of hydrogen-bond acceptors (Lipinski definition) is 4. The number of ether oxygens (including phenoxy) is 2. The molecule has 16 heavy (non-hydrogen) atoms. The maximum absolute atomic E-state index is 9.18. The summed E-state index contributed by atoms with van der Waals surface area (Å²) in [6.07, 6.45) is -0.806. The van der Waals surface area contributed by atoms with Crippen LogP contribution in [0.15, 0.2) is 24.3 Å². The molecule has 4 heteroatoms. The average molecular weight is 226 g/mol. The number of para-hydroxylation sites is 2. The largest absolute Gasteiger partial charge is 0.487 e. The quantitative estimate of drug-likeness (QED) is 0.765. The second-order valence-corrected chi connectivity index (χ2v) is 3.76. The molecule has 1 rings (SSSR count). The minimum absolute atomic E-state index is 0.0506. The molecule has 90 valence electrons. The highest BCUT2D eigenvalue weighted by atomic mass is 16.5. The normalized spacial score (nSPS) is 12.6. The van der Waals surface area contributed by atoms with Crippen LogP contribution in [0.5, 0.6) is 11.5 Å². The molecule has 4 nitrogen and oxygen atoms in total. The molecule has 1 aromatic carbocycles. The Kier molecular flexibility index (Phi) is 5.08. The predicted octanol–water partition coefficient (Wildman–Crippen LogP) is 1.21. The molecule has 0 aliphatic heterocycles. The summed E-state index contributed by atoms with van der Waals surface area (Å²) < 4.78 is 10.9. The van der Waals surface area contributed by atoms with E-state index in [1.54, 1.807) is 12.1 Å². The first-order chi connectivity index (χ1) is 7.63. The van der Waals surface area contributed by atoms with Crippen LogP contribution < -0.4 is 9.47 Å². The molecular formula is C12H18O4. The third-order valence-electron chi connectivity index (χ3n) is 1.85. The number of rotatable bonds is 6. The third kappa shape index (κ3) is 4.08. The molecule has 0 saturated carbocycles. The molecule has 0 fully saturated rings. The fourth-order valence-corrected chi connectivity index (χ4v) is 1.16. The Bertz CT molecular complexity index is 312. The van der Waals surface area contributed by atoms with Crippen LogP contribution in [0.3, 0.4) is 0 Å². The van der Waals surface area contributed by atoms with Gasteiger partial charge in [0.25, 0.3) is 0 Å². The maximum atomic E-state index is 9.18. The maximum Gasteiger partial charge on any atom is 0.161 e. The summed E-state index contributed by atoms with van der Waals surface area (Å²) in [6, 6.07) is 7.25. The van der Waals surface area contributed by atoms with E-state index in [2.05, 4.69) is 0 Å². The molecule has 0 aliphatic rings. The van der Waals surface area contributed by atoms with Crippen LogP contribution in [0, 0.1) is 0 Å². The molecule has 0 saturated heterocycles. The SMILES string of the molecule is CC(C)Oc1ccccc1OCC(O)CO. The van der Waals surface area contributed by atoms with Gasteiger partial charge >= 0.3 is 0 Å². The molecule has 0 aromatic heterocycles. The van der Waals surface area contributed by atoms with Gasteiger partial charge < -0.3 is 19.7 Å². The van der Waals surface area contributed by atoms with Gasteiger partial charge in [-0.3, -0.25) is 0 Å². The Morgan fingerprint density at radius 3 is 2.38 bits per heavy atom. The Morgan fingerprint density at radius 2 is 1.81 bits per heavy atom. The lowest BCUT2D eigenvalue weighted by Crippen LogP contribution is -2.21. The predicted molar refractivity (Wildman–Crippen MR) is 60.8 cm³/mol. The highest BCUT2D eigenvalue weighted by Crippen LogP contribution is 2.27. The molecule has 1 aromatic rings. The van der Waals surface area contributed by atoms with Crippen LogP contribution in [-0.4, -0.2) is 35.6 Å². The Morgan fingerprint density at radius 1 is 1.19 bits per heavy atom. The van der Waals surface area contributed by atoms with Crippen LogP contribution in [0.1, 0.15) is 13.8 Å². The van der Waals surface area contributed by atoms with Crippen molar-refractivity contribution in [2.75, 3.05) is 13.2 Å². The van der Waals surface area contributed by atoms with Gasteiger partial charge in [0.1, 0.15) is 12.7 Å². The summed E-state index contributed by atoms with van der Waals surface area (Å²) in [6.45, 7) is 3.60. The van der Waals surface area contributed by atoms with Crippen molar-refractivity contribution in [3.05, 3.63) is 24.3 Å². The second-order valence-electron chi connectivity index (χ2n) is 3.76. The van der Waals surface area contributed by atoms with E-state index in [0.717, 1.165) is 0 Å². The minimum atomic E-state index is -0.868. The summed E-state index contributed by atoms with van der Waals surface area (Å²) in [5.74, 6) is 1.21. The van der Waals surface area contributed by atoms with Crippen molar-refractivity contribution in [2.24, 2.45) is 0 Å².